The van der Waals surface area contributed by atoms with Crippen molar-refractivity contribution in [3.05, 3.63) is 11.6 Å². The third-order valence-electron chi connectivity index (χ3n) is 12.3. The van der Waals surface area contributed by atoms with Gasteiger partial charge in [-0.2, -0.15) is 0 Å². The molecule has 230 valence electrons. The molecule has 4 N–H and O–H groups in total. The molecule has 0 heterocycles. The Kier molecular flexibility index (Phi) is 11.1. The van der Waals surface area contributed by atoms with Crippen LogP contribution in [0, 0.1) is 46.3 Å². The van der Waals surface area contributed by atoms with E-state index in [-0.39, 0.29) is 17.6 Å². The Balaban J connectivity index is 1.38. The minimum atomic E-state index is -0.152. The van der Waals surface area contributed by atoms with Crippen molar-refractivity contribution in [2.24, 2.45) is 57.8 Å². The normalized spacial score (nSPS) is 35.9. The van der Waals surface area contributed by atoms with Crippen LogP contribution in [0.15, 0.2) is 11.6 Å². The molecule has 0 spiro atoms. The lowest BCUT2D eigenvalue weighted by Gasteiger charge is -2.58. The van der Waals surface area contributed by atoms with Gasteiger partial charge in [-0.25, -0.2) is 4.79 Å². The lowest BCUT2D eigenvalue weighted by molar-refractivity contribution is -0.0593. The number of unbranched alkanes of at least 4 members (excludes halogenated alkanes) is 1. The van der Waals surface area contributed by atoms with Crippen LogP contribution in [0.25, 0.3) is 0 Å². The van der Waals surface area contributed by atoms with Crippen LogP contribution in [0.3, 0.4) is 0 Å². The molecule has 3 saturated carbocycles. The van der Waals surface area contributed by atoms with Gasteiger partial charge in [-0.3, -0.25) is 0 Å². The molecule has 0 aromatic heterocycles. The fraction of sp³-hybridized carbons (Fsp3) is 0.914. The van der Waals surface area contributed by atoms with Crippen molar-refractivity contribution in [2.45, 2.75) is 131 Å². The number of rotatable bonds is 13. The van der Waals surface area contributed by atoms with Crippen LogP contribution in [0.2, 0.25) is 0 Å². The summed E-state index contributed by atoms with van der Waals surface area (Å²) in [5, 5.41) is 0. The largest absolute Gasteiger partial charge is 0.446 e. The van der Waals surface area contributed by atoms with Gasteiger partial charge < -0.3 is 21.1 Å². The first-order chi connectivity index (χ1) is 19.1. The number of ether oxygens (including phenoxy) is 1. The molecular weight excluding hydrogens is 494 g/mol. The van der Waals surface area contributed by atoms with Gasteiger partial charge in [0.1, 0.15) is 6.10 Å². The maximum Gasteiger partial charge on any atom is 0.410 e. The van der Waals surface area contributed by atoms with E-state index in [0.717, 1.165) is 74.0 Å². The van der Waals surface area contributed by atoms with E-state index in [1.54, 1.807) is 5.57 Å². The van der Waals surface area contributed by atoms with E-state index >= 15 is 0 Å². The highest BCUT2D eigenvalue weighted by Gasteiger charge is 2.59. The lowest BCUT2D eigenvalue weighted by atomic mass is 9.47. The molecule has 0 aromatic carbocycles. The zero-order valence-corrected chi connectivity index (χ0v) is 26.8. The summed E-state index contributed by atoms with van der Waals surface area (Å²) in [5.41, 5.74) is 13.8. The number of fused-ring (bicyclic) bond motifs is 5. The van der Waals surface area contributed by atoms with Crippen molar-refractivity contribution < 1.29 is 9.53 Å². The molecule has 8 atom stereocenters. The van der Waals surface area contributed by atoms with E-state index in [2.05, 4.69) is 40.7 Å². The molecule has 5 nitrogen and oxygen atoms in total. The van der Waals surface area contributed by atoms with Crippen molar-refractivity contribution in [1.82, 2.24) is 4.90 Å². The van der Waals surface area contributed by atoms with Gasteiger partial charge in [-0.1, -0.05) is 65.5 Å². The highest BCUT2D eigenvalue weighted by atomic mass is 16.6. The summed E-state index contributed by atoms with van der Waals surface area (Å²) in [6, 6.07) is 0. The molecule has 0 aliphatic heterocycles. The predicted octanol–water partition coefficient (Wildman–Crippen LogP) is 7.92. The van der Waals surface area contributed by atoms with E-state index in [1.807, 2.05) is 4.90 Å². The number of carbonyl (C=O) groups is 1. The van der Waals surface area contributed by atoms with E-state index in [0.29, 0.717) is 31.6 Å². The fourth-order valence-electron chi connectivity index (χ4n) is 9.99. The Labute approximate surface area is 246 Å². The molecular formula is C35H63N3O2. The van der Waals surface area contributed by atoms with Crippen LogP contribution < -0.4 is 11.5 Å². The molecule has 5 heteroatoms. The second kappa shape index (κ2) is 13.9. The Bertz CT molecular complexity index is 858. The smallest absolute Gasteiger partial charge is 0.410 e. The SMILES string of the molecule is CC(C)CCCC(C)C1CCC2C3CC=C4CC(OC(=O)N(CCCN)CCCCN)CCC4(C)C3CCC12C. The average molecular weight is 558 g/mol. The molecule has 4 aliphatic rings. The van der Waals surface area contributed by atoms with Gasteiger partial charge in [-0.15, -0.1) is 0 Å². The minimum Gasteiger partial charge on any atom is -0.446 e. The third kappa shape index (κ3) is 6.77. The standard InChI is InChI=1S/C35H63N3O2/c1-25(2)10-8-11-26(3)30-14-15-31-29-13-12-27-24-28(16-18-34(27,4)32(29)17-19-35(30,31)5)40-33(39)38(23-9-21-37)22-7-6-20-36/h12,25-26,28-32H,6-11,13-24,36-37H2,1-5H3. The molecule has 4 aliphatic carbocycles. The van der Waals surface area contributed by atoms with E-state index < -0.39 is 0 Å². The second-order valence-electron chi connectivity index (χ2n) is 15.2. The minimum absolute atomic E-state index is 0.00895. The zero-order chi connectivity index (χ0) is 28.9. The van der Waals surface area contributed by atoms with Crippen LogP contribution in [0.1, 0.15) is 125 Å². The number of carbonyl (C=O) groups excluding carboxylic acids is 1. The van der Waals surface area contributed by atoms with Crippen LogP contribution in [-0.4, -0.2) is 43.3 Å². The maximum absolute atomic E-state index is 13.1. The second-order valence-corrected chi connectivity index (χ2v) is 15.2. The number of amides is 1. The maximum atomic E-state index is 13.1. The molecule has 0 bridgehead atoms. The number of hydrogen-bond acceptors (Lipinski definition) is 4. The van der Waals surface area contributed by atoms with Gasteiger partial charge in [-0.05, 0) is 124 Å². The predicted molar refractivity (Wildman–Crippen MR) is 167 cm³/mol. The quantitative estimate of drug-likeness (QED) is 0.178. The van der Waals surface area contributed by atoms with Gasteiger partial charge >= 0.3 is 6.09 Å². The van der Waals surface area contributed by atoms with Crippen LogP contribution >= 0.6 is 0 Å². The highest BCUT2D eigenvalue weighted by Crippen LogP contribution is 2.67. The van der Waals surface area contributed by atoms with Gasteiger partial charge in [0.15, 0.2) is 0 Å². The monoisotopic (exact) mass is 557 g/mol. The first-order valence-electron chi connectivity index (χ1n) is 17.2. The summed E-state index contributed by atoms with van der Waals surface area (Å²) in [6.07, 6.45) is 19.3. The molecule has 0 saturated heterocycles. The van der Waals surface area contributed by atoms with E-state index in [1.165, 1.54) is 51.4 Å². The highest BCUT2D eigenvalue weighted by molar-refractivity contribution is 5.67. The lowest BCUT2D eigenvalue weighted by Crippen LogP contribution is -2.51. The Morgan fingerprint density at radius 1 is 0.950 bits per heavy atom. The van der Waals surface area contributed by atoms with Crippen molar-refractivity contribution in [3.8, 4) is 0 Å². The van der Waals surface area contributed by atoms with E-state index in [9.17, 15) is 4.79 Å². The number of allylic oxidation sites excluding steroid dienone is 1. The number of nitrogens with two attached hydrogens (primary N) is 2. The molecule has 8 unspecified atom stereocenters. The molecule has 0 radical (unpaired) electrons. The Morgan fingerprint density at radius 2 is 1.70 bits per heavy atom. The summed E-state index contributed by atoms with van der Waals surface area (Å²) in [6.45, 7) is 15.2. The van der Waals surface area contributed by atoms with Crippen molar-refractivity contribution in [3.63, 3.8) is 0 Å². The van der Waals surface area contributed by atoms with Crippen LogP contribution in [0.5, 0.6) is 0 Å². The molecule has 0 aromatic rings. The third-order valence-corrected chi connectivity index (χ3v) is 12.3. The van der Waals surface area contributed by atoms with Gasteiger partial charge in [0.05, 0.1) is 0 Å². The van der Waals surface area contributed by atoms with Gasteiger partial charge in [0.2, 0.25) is 0 Å². The first-order valence-corrected chi connectivity index (χ1v) is 17.2. The first kappa shape index (κ1) is 31.9. The Hall–Kier alpha value is -1.07. The summed E-state index contributed by atoms with van der Waals surface area (Å²) < 4.78 is 6.16. The summed E-state index contributed by atoms with van der Waals surface area (Å²) >= 11 is 0. The Morgan fingerprint density at radius 3 is 2.42 bits per heavy atom. The zero-order valence-electron chi connectivity index (χ0n) is 26.8. The molecule has 4 rings (SSSR count). The van der Waals surface area contributed by atoms with E-state index in [4.69, 9.17) is 16.2 Å². The summed E-state index contributed by atoms with van der Waals surface area (Å²) in [7, 11) is 0. The van der Waals surface area contributed by atoms with Gasteiger partial charge in [0.25, 0.3) is 0 Å². The van der Waals surface area contributed by atoms with Crippen molar-refractivity contribution >= 4 is 6.09 Å². The van der Waals surface area contributed by atoms with Crippen molar-refractivity contribution in [2.75, 3.05) is 26.2 Å². The summed E-state index contributed by atoms with van der Waals surface area (Å²) in [5.74, 6) is 5.13. The average Bonchev–Trinajstić information content (AvgIpc) is 3.28. The number of hydrogen-bond donors (Lipinski definition) is 2. The van der Waals surface area contributed by atoms with Crippen molar-refractivity contribution in [1.29, 1.82) is 0 Å². The number of nitrogens with zero attached hydrogens (tertiary/aromatic N) is 1. The van der Waals surface area contributed by atoms with Crippen LogP contribution in [-0.2, 0) is 4.74 Å². The van der Waals surface area contributed by atoms with Gasteiger partial charge in [0, 0.05) is 19.5 Å². The molecule has 40 heavy (non-hydrogen) atoms. The molecule has 3 fully saturated rings. The van der Waals surface area contributed by atoms with Crippen LogP contribution in [0.4, 0.5) is 4.79 Å². The summed E-state index contributed by atoms with van der Waals surface area (Å²) in [4.78, 5) is 15.0. The fourth-order valence-corrected chi connectivity index (χ4v) is 9.99. The molecule has 1 amide bonds. The topological polar surface area (TPSA) is 81.6 Å².